The number of carbonyl (C=O) groups is 1. The Morgan fingerprint density at radius 1 is 1.03 bits per heavy atom. The molecule has 3 saturated carbocycles. The van der Waals surface area contributed by atoms with Crippen LogP contribution in [0.3, 0.4) is 0 Å². The maximum Gasteiger partial charge on any atom is 0.207 e. The highest BCUT2D eigenvalue weighted by Crippen LogP contribution is 2.75. The molecule has 0 aliphatic heterocycles. The van der Waals surface area contributed by atoms with Crippen molar-refractivity contribution in [3.63, 3.8) is 0 Å². The number of hydrogen-bond acceptors (Lipinski definition) is 4. The van der Waals surface area contributed by atoms with E-state index in [0.29, 0.717) is 18.3 Å². The minimum Gasteiger partial charge on any atom is -0.382 e. The van der Waals surface area contributed by atoms with Gasteiger partial charge in [0.2, 0.25) is 6.54 Å². The minimum atomic E-state index is -0.324. The van der Waals surface area contributed by atoms with Gasteiger partial charge in [-0.15, -0.1) is 0 Å². The first-order chi connectivity index (χ1) is 17.7. The number of hydrogen-bond donors (Lipinski definition) is 0. The molecule has 5 nitrogen and oxygen atoms in total. The van der Waals surface area contributed by atoms with E-state index in [1.807, 2.05) is 7.11 Å². The Labute approximate surface area is 232 Å². The lowest BCUT2D eigenvalue weighted by Gasteiger charge is -2.70. The average Bonchev–Trinajstić information content (AvgIpc) is 3.16. The largest absolute Gasteiger partial charge is 0.382 e. The molecule has 3 fully saturated rings. The zero-order valence-electron chi connectivity index (χ0n) is 25.8. The molecule has 0 bridgehead atoms. The van der Waals surface area contributed by atoms with Gasteiger partial charge in [-0.1, -0.05) is 60.5 Å². The molecule has 9 atom stereocenters. The Morgan fingerprint density at radius 3 is 2.29 bits per heavy atom. The molecule has 0 N–H and O–H groups in total. The summed E-state index contributed by atoms with van der Waals surface area (Å²) >= 11 is 0. The first-order valence-corrected chi connectivity index (χ1v) is 15.6. The van der Waals surface area contributed by atoms with Gasteiger partial charge in [0.05, 0.1) is 6.10 Å². The third kappa shape index (κ3) is 4.23. The first kappa shape index (κ1) is 29.7. The smallest absolute Gasteiger partial charge is 0.207 e. The lowest BCUT2D eigenvalue weighted by Crippen LogP contribution is -2.62. The van der Waals surface area contributed by atoms with Crippen LogP contribution in [0.5, 0.6) is 0 Å². The summed E-state index contributed by atoms with van der Waals surface area (Å²) in [5, 5.41) is 11.7. The average molecular weight is 530 g/mol. The minimum absolute atomic E-state index is 0.0422. The molecule has 4 aliphatic carbocycles. The number of fused-ring (bicyclic) bond motifs is 5. The normalized spacial score (nSPS) is 42.5. The molecule has 0 aromatic rings. The molecular formula is C33H55NO4. The lowest BCUT2D eigenvalue weighted by atomic mass is 9.34. The molecule has 5 heteroatoms. The molecule has 0 saturated heterocycles. The molecule has 38 heavy (non-hydrogen) atoms. The van der Waals surface area contributed by atoms with Crippen molar-refractivity contribution < 1.29 is 14.5 Å². The molecule has 0 heterocycles. The number of methoxy groups -OCH3 is 1. The summed E-state index contributed by atoms with van der Waals surface area (Å²) in [6.45, 7) is 18.7. The standard InChI is InChI=1S/C33H55NO4/c1-10-24-14-16-32(8)27(30(24,6)15-13-23(5)38-9)12-11-25-29-28(21(2)3)26(35)19-33(29,18-17-31(25,32)7)22(4)20-34(36)37/h21-25,27H,10-20H2,1-9H3/t22?,23?,24?,25?,27?,30?,31-,32?,33?/m1/s1. The summed E-state index contributed by atoms with van der Waals surface area (Å²) in [7, 11) is 1.83. The van der Waals surface area contributed by atoms with E-state index >= 15 is 0 Å². The van der Waals surface area contributed by atoms with Gasteiger partial charge in [0.25, 0.3) is 0 Å². The Morgan fingerprint density at radius 2 is 1.71 bits per heavy atom. The van der Waals surface area contributed by atoms with Crippen LogP contribution in [0, 0.1) is 61.4 Å². The van der Waals surface area contributed by atoms with Crippen LogP contribution in [0.4, 0.5) is 0 Å². The Balaban J connectivity index is 1.80. The monoisotopic (exact) mass is 529 g/mol. The summed E-state index contributed by atoms with van der Waals surface area (Å²) in [4.78, 5) is 25.2. The van der Waals surface area contributed by atoms with E-state index in [1.165, 1.54) is 37.7 Å². The second kappa shape index (κ2) is 10.3. The fourth-order valence-corrected chi connectivity index (χ4v) is 10.8. The third-order valence-electron chi connectivity index (χ3n) is 13.3. The fraction of sp³-hybridized carbons (Fsp3) is 0.909. The number of Topliss-reactive ketones (excluding diaryl/α,β-unsaturated/α-hetero) is 1. The van der Waals surface area contributed by atoms with E-state index in [-0.39, 0.29) is 56.9 Å². The maximum absolute atomic E-state index is 13.6. The van der Waals surface area contributed by atoms with Gasteiger partial charge in [0.15, 0.2) is 5.78 Å². The van der Waals surface area contributed by atoms with Gasteiger partial charge in [-0.3, -0.25) is 14.9 Å². The Hall–Kier alpha value is -1.23. The predicted octanol–water partition coefficient (Wildman–Crippen LogP) is 8.29. The molecule has 8 unspecified atom stereocenters. The van der Waals surface area contributed by atoms with Gasteiger partial charge in [-0.2, -0.15) is 0 Å². The van der Waals surface area contributed by atoms with Crippen LogP contribution in [0.15, 0.2) is 11.1 Å². The van der Waals surface area contributed by atoms with E-state index in [9.17, 15) is 14.9 Å². The highest BCUT2D eigenvalue weighted by molar-refractivity contribution is 6.00. The van der Waals surface area contributed by atoms with Crippen LogP contribution in [0.25, 0.3) is 0 Å². The highest BCUT2D eigenvalue weighted by atomic mass is 16.6. The van der Waals surface area contributed by atoms with Crippen LogP contribution in [0.1, 0.15) is 120 Å². The summed E-state index contributed by atoms with van der Waals surface area (Å²) in [6.07, 6.45) is 11.2. The van der Waals surface area contributed by atoms with Gasteiger partial charge in [0.1, 0.15) is 0 Å². The fourth-order valence-electron chi connectivity index (χ4n) is 10.8. The van der Waals surface area contributed by atoms with Crippen molar-refractivity contribution in [2.24, 2.45) is 51.2 Å². The van der Waals surface area contributed by atoms with Crippen molar-refractivity contribution in [1.82, 2.24) is 0 Å². The Bertz CT molecular complexity index is 972. The Kier molecular flexibility index (Phi) is 8.07. The number of ketones is 1. The van der Waals surface area contributed by atoms with Gasteiger partial charge in [-0.25, -0.2) is 0 Å². The van der Waals surface area contributed by atoms with E-state index in [4.69, 9.17) is 4.74 Å². The van der Waals surface area contributed by atoms with Gasteiger partial charge in [-0.05, 0) is 104 Å². The van der Waals surface area contributed by atoms with Crippen LogP contribution in [0.2, 0.25) is 0 Å². The molecule has 0 spiro atoms. The topological polar surface area (TPSA) is 69.4 Å². The van der Waals surface area contributed by atoms with Crippen molar-refractivity contribution in [2.75, 3.05) is 13.7 Å². The molecule has 0 aromatic carbocycles. The van der Waals surface area contributed by atoms with Crippen LogP contribution in [-0.4, -0.2) is 30.5 Å². The molecule has 0 radical (unpaired) electrons. The zero-order chi connectivity index (χ0) is 28.3. The van der Waals surface area contributed by atoms with Crippen molar-refractivity contribution >= 4 is 5.78 Å². The maximum atomic E-state index is 13.6. The molecule has 4 rings (SSSR count). The summed E-state index contributed by atoms with van der Waals surface area (Å²) in [5.41, 5.74) is 2.68. The van der Waals surface area contributed by atoms with E-state index in [2.05, 4.69) is 55.4 Å². The van der Waals surface area contributed by atoms with Crippen LogP contribution < -0.4 is 0 Å². The van der Waals surface area contributed by atoms with Crippen molar-refractivity contribution in [1.29, 1.82) is 0 Å². The van der Waals surface area contributed by atoms with Crippen LogP contribution in [-0.2, 0) is 9.53 Å². The van der Waals surface area contributed by atoms with E-state index < -0.39 is 0 Å². The first-order valence-electron chi connectivity index (χ1n) is 15.6. The van der Waals surface area contributed by atoms with Gasteiger partial charge >= 0.3 is 0 Å². The molecule has 0 aromatic heterocycles. The van der Waals surface area contributed by atoms with Gasteiger partial charge < -0.3 is 4.74 Å². The number of rotatable bonds is 9. The van der Waals surface area contributed by atoms with E-state index in [0.717, 1.165) is 37.2 Å². The molecule has 4 aliphatic rings. The number of nitro groups is 1. The third-order valence-corrected chi connectivity index (χ3v) is 13.3. The number of carbonyl (C=O) groups excluding carboxylic acids is 1. The predicted molar refractivity (Wildman–Crippen MR) is 153 cm³/mol. The summed E-state index contributed by atoms with van der Waals surface area (Å²) in [6, 6.07) is 0. The lowest BCUT2D eigenvalue weighted by molar-refractivity contribution is -0.491. The second-order valence-corrected chi connectivity index (χ2v) is 14.9. The number of nitrogens with zero attached hydrogens (tertiary/aromatic N) is 1. The van der Waals surface area contributed by atoms with Crippen molar-refractivity contribution in [3.05, 3.63) is 21.3 Å². The van der Waals surface area contributed by atoms with Crippen molar-refractivity contribution in [2.45, 2.75) is 126 Å². The summed E-state index contributed by atoms with van der Waals surface area (Å²) in [5.74, 6) is 2.09. The van der Waals surface area contributed by atoms with E-state index in [1.54, 1.807) is 0 Å². The quantitative estimate of drug-likeness (QED) is 0.222. The zero-order valence-corrected chi connectivity index (χ0v) is 25.8. The molecule has 216 valence electrons. The van der Waals surface area contributed by atoms with Crippen LogP contribution >= 0.6 is 0 Å². The highest BCUT2D eigenvalue weighted by Gasteiger charge is 2.68. The number of allylic oxidation sites excluding steroid dienone is 2. The summed E-state index contributed by atoms with van der Waals surface area (Å²) < 4.78 is 5.69. The van der Waals surface area contributed by atoms with Crippen molar-refractivity contribution in [3.8, 4) is 0 Å². The SMILES string of the molecule is CCC1CCC2(C)C(CCC3C4=C(C(C)C)C(=O)CC4(C(C)C[N+](=O)[O-])CC[C@]32C)C1(C)CCC(C)OC. The molecule has 0 amide bonds. The number of ether oxygens (including phenoxy) is 1. The second-order valence-electron chi connectivity index (χ2n) is 14.9. The molecular weight excluding hydrogens is 474 g/mol. The van der Waals surface area contributed by atoms with Gasteiger partial charge in [0, 0.05) is 29.8 Å².